The number of likely N-dealkylation sites (tertiary alicyclic amines) is 1. The highest BCUT2D eigenvalue weighted by Gasteiger charge is 2.36. The maximum absolute atomic E-state index is 12.3. The minimum absolute atomic E-state index is 0.00302. The number of hydrogen-bond donors (Lipinski definition) is 0. The van der Waals surface area contributed by atoms with Crippen LogP contribution >= 0.6 is 0 Å². The van der Waals surface area contributed by atoms with Crippen LogP contribution in [-0.2, 0) is 9.53 Å². The van der Waals surface area contributed by atoms with Crippen LogP contribution in [0.5, 0.6) is 5.88 Å². The Kier molecular flexibility index (Phi) is 4.63. The topological polar surface area (TPSA) is 68.0 Å². The van der Waals surface area contributed by atoms with Crippen molar-refractivity contribution in [3.8, 4) is 5.88 Å². The molecule has 7 nitrogen and oxygen atoms in total. The van der Waals surface area contributed by atoms with Crippen molar-refractivity contribution < 1.29 is 18.8 Å². The molecule has 0 N–H and O–H groups in total. The molecule has 0 saturated carbocycles. The first-order chi connectivity index (χ1) is 10.6. The molecule has 0 radical (unpaired) electrons. The highest BCUT2D eigenvalue weighted by molar-refractivity contribution is 5.78. The van der Waals surface area contributed by atoms with Crippen molar-refractivity contribution in [3.63, 3.8) is 0 Å². The lowest BCUT2D eigenvalue weighted by atomic mass is 10.0. The summed E-state index contributed by atoms with van der Waals surface area (Å²) in [7, 11) is 0. The zero-order chi connectivity index (χ0) is 15.5. The van der Waals surface area contributed by atoms with Gasteiger partial charge in [0.25, 0.3) is 11.8 Å². The third-order valence-corrected chi connectivity index (χ3v) is 4.39. The van der Waals surface area contributed by atoms with E-state index in [-0.39, 0.29) is 12.5 Å². The Morgan fingerprint density at radius 2 is 2.18 bits per heavy atom. The first-order valence-electron chi connectivity index (χ1n) is 7.79. The van der Waals surface area contributed by atoms with E-state index in [1.165, 1.54) is 0 Å². The summed E-state index contributed by atoms with van der Waals surface area (Å²) in [6.07, 6.45) is 0. The van der Waals surface area contributed by atoms with Gasteiger partial charge < -0.3 is 18.9 Å². The van der Waals surface area contributed by atoms with Crippen LogP contribution in [0.2, 0.25) is 0 Å². The average molecular weight is 309 g/mol. The van der Waals surface area contributed by atoms with E-state index in [9.17, 15) is 4.79 Å². The summed E-state index contributed by atoms with van der Waals surface area (Å²) in [4.78, 5) is 16.6. The quantitative estimate of drug-likeness (QED) is 0.809. The van der Waals surface area contributed by atoms with Crippen molar-refractivity contribution in [3.05, 3.63) is 11.8 Å². The molecule has 2 aliphatic heterocycles. The molecule has 2 saturated heterocycles. The minimum atomic E-state index is 0.00302. The number of aromatic nitrogens is 1. The lowest BCUT2D eigenvalue weighted by Crippen LogP contribution is -2.47. The Morgan fingerprint density at radius 3 is 2.86 bits per heavy atom. The maximum Gasteiger partial charge on any atom is 0.260 e. The van der Waals surface area contributed by atoms with E-state index >= 15 is 0 Å². The van der Waals surface area contributed by atoms with Gasteiger partial charge in [0.2, 0.25) is 0 Å². The molecule has 0 unspecified atom stereocenters. The predicted octanol–water partition coefficient (Wildman–Crippen LogP) is 0.541. The number of aryl methyl sites for hydroxylation is 1. The van der Waals surface area contributed by atoms with Crippen LogP contribution < -0.4 is 4.74 Å². The number of nitrogens with zero attached hydrogens (tertiary/aromatic N) is 3. The second-order valence-electron chi connectivity index (χ2n) is 6.06. The van der Waals surface area contributed by atoms with Gasteiger partial charge >= 0.3 is 0 Å². The zero-order valence-corrected chi connectivity index (χ0v) is 13.2. The molecule has 0 aliphatic carbocycles. The van der Waals surface area contributed by atoms with E-state index in [1.54, 1.807) is 13.0 Å². The number of carbonyl (C=O) groups excluding carboxylic acids is 1. The summed E-state index contributed by atoms with van der Waals surface area (Å²) in [5.74, 6) is 1.51. The van der Waals surface area contributed by atoms with Crippen molar-refractivity contribution in [2.45, 2.75) is 19.9 Å². The van der Waals surface area contributed by atoms with Crippen molar-refractivity contribution in [2.24, 2.45) is 5.92 Å². The Morgan fingerprint density at radius 1 is 1.41 bits per heavy atom. The second-order valence-corrected chi connectivity index (χ2v) is 6.06. The van der Waals surface area contributed by atoms with Gasteiger partial charge in [0.05, 0.1) is 13.2 Å². The number of carbonyl (C=O) groups is 1. The summed E-state index contributed by atoms with van der Waals surface area (Å²) >= 11 is 0. The Bertz CT molecular complexity index is 513. The van der Waals surface area contributed by atoms with E-state index in [2.05, 4.69) is 17.0 Å². The van der Waals surface area contributed by atoms with Crippen LogP contribution in [0, 0.1) is 12.8 Å². The molecule has 0 spiro atoms. The van der Waals surface area contributed by atoms with Crippen LogP contribution in [0.4, 0.5) is 0 Å². The van der Waals surface area contributed by atoms with E-state index in [4.69, 9.17) is 14.0 Å². The van der Waals surface area contributed by atoms with Crippen molar-refractivity contribution >= 4 is 5.91 Å². The summed E-state index contributed by atoms with van der Waals surface area (Å²) in [6, 6.07) is 2.10. The van der Waals surface area contributed by atoms with Crippen molar-refractivity contribution in [2.75, 3.05) is 46.0 Å². The summed E-state index contributed by atoms with van der Waals surface area (Å²) in [6.45, 7) is 9.01. The molecular formula is C15H23N3O4. The largest absolute Gasteiger partial charge is 0.465 e. The second kappa shape index (κ2) is 6.66. The lowest BCUT2D eigenvalue weighted by Gasteiger charge is -2.33. The first kappa shape index (κ1) is 15.3. The molecule has 1 aromatic heterocycles. The third kappa shape index (κ3) is 3.41. The van der Waals surface area contributed by atoms with Crippen LogP contribution in [0.1, 0.15) is 12.7 Å². The smallest absolute Gasteiger partial charge is 0.260 e. The fraction of sp³-hybridized carbons (Fsp3) is 0.733. The molecule has 3 rings (SSSR count). The minimum Gasteiger partial charge on any atom is -0.465 e. The maximum atomic E-state index is 12.3. The van der Waals surface area contributed by atoms with Crippen LogP contribution in [-0.4, -0.2) is 72.9 Å². The third-order valence-electron chi connectivity index (χ3n) is 4.39. The van der Waals surface area contributed by atoms with Gasteiger partial charge in [-0.05, 0) is 18.0 Å². The van der Waals surface area contributed by atoms with Gasteiger partial charge in [-0.25, -0.2) is 0 Å². The van der Waals surface area contributed by atoms with Gasteiger partial charge in [0.15, 0.2) is 6.61 Å². The van der Waals surface area contributed by atoms with E-state index in [0.29, 0.717) is 23.6 Å². The molecule has 0 bridgehead atoms. The molecule has 22 heavy (non-hydrogen) atoms. The molecule has 122 valence electrons. The molecule has 2 aliphatic rings. The molecule has 2 atom stereocenters. The van der Waals surface area contributed by atoms with Gasteiger partial charge in [-0.3, -0.25) is 9.69 Å². The van der Waals surface area contributed by atoms with Gasteiger partial charge in [0, 0.05) is 38.3 Å². The normalized spacial score (nSPS) is 26.4. The Balaban J connectivity index is 1.51. The predicted molar refractivity (Wildman–Crippen MR) is 78.7 cm³/mol. The van der Waals surface area contributed by atoms with Gasteiger partial charge in [-0.2, -0.15) is 0 Å². The summed E-state index contributed by atoms with van der Waals surface area (Å²) in [5.41, 5.74) is 0. The monoisotopic (exact) mass is 309 g/mol. The Labute approximate surface area is 130 Å². The number of amides is 1. The van der Waals surface area contributed by atoms with Crippen LogP contribution in [0.15, 0.2) is 10.6 Å². The van der Waals surface area contributed by atoms with Crippen LogP contribution in [0.3, 0.4) is 0 Å². The Hall–Kier alpha value is -1.60. The lowest BCUT2D eigenvalue weighted by molar-refractivity contribution is -0.132. The van der Waals surface area contributed by atoms with Gasteiger partial charge in [0.1, 0.15) is 5.76 Å². The average Bonchev–Trinajstić information content (AvgIpc) is 3.12. The van der Waals surface area contributed by atoms with E-state index < -0.39 is 0 Å². The molecule has 0 aromatic carbocycles. The highest BCUT2D eigenvalue weighted by atomic mass is 16.5. The molecule has 7 heteroatoms. The molecular weight excluding hydrogens is 286 g/mol. The highest BCUT2D eigenvalue weighted by Crippen LogP contribution is 2.23. The van der Waals surface area contributed by atoms with E-state index in [0.717, 1.165) is 39.4 Å². The standard InChI is InChI=1S/C15H23N3O4/c1-11-8-18(9-13(11)17-3-5-20-6-4-17)15(19)10-21-14-7-12(2)22-16-14/h7,11,13H,3-6,8-10H2,1-2H3/t11-,13+/m1/s1. The number of morpholine rings is 1. The molecule has 2 fully saturated rings. The first-order valence-corrected chi connectivity index (χ1v) is 7.79. The molecule has 1 amide bonds. The van der Waals surface area contributed by atoms with Crippen molar-refractivity contribution in [1.29, 1.82) is 0 Å². The number of hydrogen-bond acceptors (Lipinski definition) is 6. The fourth-order valence-electron chi connectivity index (χ4n) is 3.18. The van der Waals surface area contributed by atoms with E-state index in [1.807, 2.05) is 4.90 Å². The molecule has 3 heterocycles. The molecule has 1 aromatic rings. The SMILES string of the molecule is Cc1cc(OCC(=O)N2C[C@@H](C)[C@@H](N3CCOCC3)C2)no1. The van der Waals surface area contributed by atoms with Crippen LogP contribution in [0.25, 0.3) is 0 Å². The van der Waals surface area contributed by atoms with Gasteiger partial charge in [-0.15, -0.1) is 0 Å². The number of ether oxygens (including phenoxy) is 2. The van der Waals surface area contributed by atoms with Crippen molar-refractivity contribution in [1.82, 2.24) is 15.0 Å². The van der Waals surface area contributed by atoms with Gasteiger partial charge in [-0.1, -0.05) is 6.92 Å². The summed E-state index contributed by atoms with van der Waals surface area (Å²) in [5, 5.41) is 3.73. The number of rotatable bonds is 4. The zero-order valence-electron chi connectivity index (χ0n) is 13.2. The summed E-state index contributed by atoms with van der Waals surface area (Å²) < 4.78 is 15.7. The fourth-order valence-corrected chi connectivity index (χ4v) is 3.18.